The van der Waals surface area contributed by atoms with Crippen molar-refractivity contribution in [2.45, 2.75) is 12.5 Å². The number of aryl methyl sites for hydroxylation is 1. The molecule has 0 radical (unpaired) electrons. The molecule has 0 spiro atoms. The van der Waals surface area contributed by atoms with Crippen LogP contribution in [-0.2, 0) is 13.5 Å². The van der Waals surface area contributed by atoms with Gasteiger partial charge in [-0.05, 0) is 24.6 Å². The molecule has 2 aromatic heterocycles. The number of hydrogen-bond acceptors (Lipinski definition) is 5. The number of rotatable bonds is 4. The Hall–Kier alpha value is -1.79. The third-order valence-electron chi connectivity index (χ3n) is 3.31. The Bertz CT molecular complexity index is 673. The summed E-state index contributed by atoms with van der Waals surface area (Å²) in [5.41, 5.74) is 3.22. The number of benzene rings is 1. The minimum absolute atomic E-state index is 0.150. The minimum Gasteiger partial charge on any atom is -0.311 e. The summed E-state index contributed by atoms with van der Waals surface area (Å²) < 4.78 is 5.85. The largest absolute Gasteiger partial charge is 0.311 e. The Labute approximate surface area is 115 Å². The lowest BCUT2D eigenvalue weighted by atomic mass is 10.1. The third-order valence-corrected chi connectivity index (χ3v) is 3.84. The van der Waals surface area contributed by atoms with Crippen LogP contribution in [-0.4, -0.2) is 26.4 Å². The van der Waals surface area contributed by atoms with Gasteiger partial charge in [0.1, 0.15) is 0 Å². The van der Waals surface area contributed by atoms with Crippen LogP contribution in [0.1, 0.15) is 17.4 Å². The van der Waals surface area contributed by atoms with E-state index in [1.54, 1.807) is 0 Å². The van der Waals surface area contributed by atoms with E-state index in [-0.39, 0.29) is 6.04 Å². The first-order chi connectivity index (χ1) is 9.29. The van der Waals surface area contributed by atoms with Crippen LogP contribution in [0.5, 0.6) is 0 Å². The minimum atomic E-state index is 0.150. The van der Waals surface area contributed by atoms with Crippen LogP contribution in [0.2, 0.25) is 0 Å². The fourth-order valence-corrected chi connectivity index (χ4v) is 2.82. The average Bonchev–Trinajstić information content (AvgIpc) is 3.06. The lowest BCUT2D eigenvalue weighted by molar-refractivity contribution is 0.563. The van der Waals surface area contributed by atoms with Crippen molar-refractivity contribution in [3.05, 3.63) is 41.0 Å². The summed E-state index contributed by atoms with van der Waals surface area (Å²) in [7, 11) is 3.92. The van der Waals surface area contributed by atoms with Crippen LogP contribution < -0.4 is 5.32 Å². The molecule has 19 heavy (non-hydrogen) atoms. The zero-order valence-electron chi connectivity index (χ0n) is 10.9. The molecular formula is C13H15N5S. The van der Waals surface area contributed by atoms with E-state index in [0.29, 0.717) is 0 Å². The Morgan fingerprint density at radius 2 is 2.21 bits per heavy atom. The van der Waals surface area contributed by atoms with Crippen LogP contribution in [0.25, 0.3) is 10.9 Å². The van der Waals surface area contributed by atoms with Gasteiger partial charge in [-0.2, -0.15) is 5.10 Å². The maximum Gasteiger partial charge on any atom is 0.0928 e. The van der Waals surface area contributed by atoms with Gasteiger partial charge in [0.2, 0.25) is 0 Å². The first-order valence-corrected chi connectivity index (χ1v) is 6.98. The fourth-order valence-electron chi connectivity index (χ4n) is 2.31. The predicted octanol–water partition coefficient (Wildman–Crippen LogP) is 1.93. The maximum atomic E-state index is 4.62. The highest BCUT2D eigenvalue weighted by atomic mass is 32.1. The number of likely N-dealkylation sites (N-methyl/N-ethyl adjacent to an activating group) is 1. The highest BCUT2D eigenvalue weighted by Gasteiger charge is 2.17. The summed E-state index contributed by atoms with van der Waals surface area (Å²) in [4.78, 5) is 0. The number of aromatic nitrogens is 4. The van der Waals surface area contributed by atoms with Gasteiger partial charge in [0.05, 0.1) is 22.9 Å². The summed E-state index contributed by atoms with van der Waals surface area (Å²) in [5.74, 6) is 0. The van der Waals surface area contributed by atoms with Gasteiger partial charge in [0, 0.05) is 24.2 Å². The first-order valence-electron chi connectivity index (χ1n) is 6.14. The molecular weight excluding hydrogens is 258 g/mol. The second-order valence-corrected chi connectivity index (χ2v) is 5.07. The van der Waals surface area contributed by atoms with Crippen LogP contribution in [0.3, 0.4) is 0 Å². The normalized spacial score (nSPS) is 12.9. The highest BCUT2D eigenvalue weighted by Crippen LogP contribution is 2.23. The molecule has 0 fully saturated rings. The molecule has 0 saturated heterocycles. The van der Waals surface area contributed by atoms with Gasteiger partial charge in [0.25, 0.3) is 0 Å². The second kappa shape index (κ2) is 5.07. The molecule has 5 nitrogen and oxygen atoms in total. The van der Waals surface area contributed by atoms with Crippen molar-refractivity contribution < 1.29 is 0 Å². The molecule has 6 heteroatoms. The predicted molar refractivity (Wildman–Crippen MR) is 76.1 cm³/mol. The quantitative estimate of drug-likeness (QED) is 0.789. The number of nitrogens with one attached hydrogen (secondary N) is 1. The van der Waals surface area contributed by atoms with Crippen LogP contribution in [0.4, 0.5) is 0 Å². The molecule has 98 valence electrons. The molecule has 3 rings (SSSR count). The smallest absolute Gasteiger partial charge is 0.0928 e. The highest BCUT2D eigenvalue weighted by molar-refractivity contribution is 7.03. The van der Waals surface area contributed by atoms with Gasteiger partial charge >= 0.3 is 0 Å². The molecule has 0 bridgehead atoms. The van der Waals surface area contributed by atoms with Gasteiger partial charge in [-0.3, -0.25) is 4.68 Å². The van der Waals surface area contributed by atoms with Gasteiger partial charge in [-0.1, -0.05) is 22.7 Å². The molecule has 1 atom stereocenters. The maximum absolute atomic E-state index is 4.62. The molecule has 1 unspecified atom stereocenters. The van der Waals surface area contributed by atoms with Gasteiger partial charge in [-0.15, -0.1) is 5.10 Å². The first kappa shape index (κ1) is 12.3. The SMILES string of the molecule is CNC(Cc1nn(C)c2ccccc12)c1csnn1. The molecule has 2 heterocycles. The lowest BCUT2D eigenvalue weighted by Crippen LogP contribution is -2.19. The van der Waals surface area contributed by atoms with Gasteiger partial charge in [0.15, 0.2) is 0 Å². The Morgan fingerprint density at radius 1 is 1.37 bits per heavy atom. The Balaban J connectivity index is 1.97. The van der Waals surface area contributed by atoms with E-state index in [9.17, 15) is 0 Å². The Morgan fingerprint density at radius 3 is 2.95 bits per heavy atom. The fraction of sp³-hybridized carbons (Fsp3) is 0.308. The molecule has 0 amide bonds. The summed E-state index contributed by atoms with van der Waals surface area (Å²) in [6, 6.07) is 8.44. The molecule has 3 aromatic rings. The monoisotopic (exact) mass is 273 g/mol. The summed E-state index contributed by atoms with van der Waals surface area (Å²) in [6.45, 7) is 0. The van der Waals surface area contributed by atoms with Crippen LogP contribution >= 0.6 is 11.5 Å². The van der Waals surface area contributed by atoms with E-state index >= 15 is 0 Å². The van der Waals surface area contributed by atoms with E-state index in [1.165, 1.54) is 16.9 Å². The van der Waals surface area contributed by atoms with Crippen molar-refractivity contribution in [3.63, 3.8) is 0 Å². The van der Waals surface area contributed by atoms with E-state index in [0.717, 1.165) is 23.3 Å². The van der Waals surface area contributed by atoms with E-state index in [4.69, 9.17) is 0 Å². The van der Waals surface area contributed by atoms with Crippen molar-refractivity contribution in [2.24, 2.45) is 7.05 Å². The number of fused-ring (bicyclic) bond motifs is 1. The summed E-state index contributed by atoms with van der Waals surface area (Å²) >= 11 is 1.38. The number of nitrogens with zero attached hydrogens (tertiary/aromatic N) is 4. The number of hydrogen-bond donors (Lipinski definition) is 1. The van der Waals surface area contributed by atoms with Crippen molar-refractivity contribution in [1.82, 2.24) is 24.7 Å². The zero-order valence-corrected chi connectivity index (χ0v) is 11.7. The summed E-state index contributed by atoms with van der Waals surface area (Å²) in [5, 5.41) is 15.2. The lowest BCUT2D eigenvalue weighted by Gasteiger charge is -2.11. The van der Waals surface area contributed by atoms with Crippen LogP contribution in [0.15, 0.2) is 29.6 Å². The molecule has 0 saturated carbocycles. The summed E-state index contributed by atoms with van der Waals surface area (Å²) in [6.07, 6.45) is 0.809. The third kappa shape index (κ3) is 2.24. The van der Waals surface area contributed by atoms with E-state index < -0.39 is 0 Å². The van der Waals surface area contributed by atoms with Crippen molar-refractivity contribution >= 4 is 22.4 Å². The second-order valence-electron chi connectivity index (χ2n) is 4.46. The number of para-hydroxylation sites is 1. The molecule has 0 aliphatic heterocycles. The Kier molecular flexibility index (Phi) is 3.27. The average molecular weight is 273 g/mol. The molecule has 1 N–H and O–H groups in total. The van der Waals surface area contributed by atoms with Crippen molar-refractivity contribution in [2.75, 3.05) is 7.05 Å². The van der Waals surface area contributed by atoms with Crippen molar-refractivity contribution in [3.8, 4) is 0 Å². The molecule has 1 aromatic carbocycles. The van der Waals surface area contributed by atoms with Gasteiger partial charge in [-0.25, -0.2) is 0 Å². The van der Waals surface area contributed by atoms with Crippen LogP contribution in [0, 0.1) is 0 Å². The molecule has 0 aliphatic carbocycles. The standard InChI is InChI=1S/C13H15N5S/c1-14-11(12-8-19-17-15-12)7-10-9-5-3-4-6-13(9)18(2)16-10/h3-6,8,11,14H,7H2,1-2H3. The zero-order chi connectivity index (χ0) is 13.2. The topological polar surface area (TPSA) is 55.6 Å². The van der Waals surface area contributed by atoms with E-state index in [1.807, 2.05) is 36.3 Å². The van der Waals surface area contributed by atoms with E-state index in [2.05, 4.69) is 32.1 Å². The molecule has 0 aliphatic rings. The van der Waals surface area contributed by atoms with Gasteiger partial charge < -0.3 is 5.32 Å². The van der Waals surface area contributed by atoms with Crippen molar-refractivity contribution in [1.29, 1.82) is 0 Å².